The van der Waals surface area contributed by atoms with Gasteiger partial charge in [0.15, 0.2) is 0 Å². The van der Waals surface area contributed by atoms with Crippen molar-refractivity contribution in [3.8, 4) is 11.5 Å². The number of ketones is 1. The van der Waals surface area contributed by atoms with Crippen molar-refractivity contribution in [1.82, 2.24) is 0 Å². The molecule has 1 aliphatic carbocycles. The Morgan fingerprint density at radius 1 is 0.870 bits per heavy atom. The van der Waals surface area contributed by atoms with Crippen molar-refractivity contribution in [1.29, 1.82) is 0 Å². The number of fused-ring (bicyclic) bond motifs is 2. The molecule has 0 amide bonds. The number of aliphatic hydroxyl groups excluding tert-OH is 1. The molecule has 3 atom stereocenters. The molecular weight excluding hydrogens is 1050 g/mol. The van der Waals surface area contributed by atoms with Gasteiger partial charge in [-0.25, -0.2) is 4.79 Å². The van der Waals surface area contributed by atoms with Crippen LogP contribution in [0.5, 0.6) is 11.5 Å². The quantitative estimate of drug-likeness (QED) is 0.0416. The molecule has 3 aromatic rings. The van der Waals surface area contributed by atoms with E-state index < -0.39 is 20.7 Å². The fraction of sp³-hybridized carbons (Fsp3) is 0.412. The van der Waals surface area contributed by atoms with Crippen LogP contribution < -0.4 is 13.7 Å². The molecule has 3 aromatic carbocycles. The Labute approximate surface area is 421 Å². The first kappa shape index (κ1) is 58.2. The van der Waals surface area contributed by atoms with Gasteiger partial charge in [0.2, 0.25) is 8.32 Å². The minimum atomic E-state index is -1.61. The Morgan fingerprint density at radius 2 is 1.49 bits per heavy atom. The number of rotatable bonds is 14. The first-order valence-corrected chi connectivity index (χ1v) is 32.8. The molecule has 376 valence electrons. The van der Waals surface area contributed by atoms with Crippen LogP contribution in [0.4, 0.5) is 0 Å². The van der Waals surface area contributed by atoms with E-state index in [9.17, 15) is 24.3 Å². The summed E-state index contributed by atoms with van der Waals surface area (Å²) >= 11 is -0.192. The van der Waals surface area contributed by atoms with Gasteiger partial charge in [-0.2, -0.15) is 0 Å². The minimum absolute atomic E-state index is 0.00439. The van der Waals surface area contributed by atoms with Gasteiger partial charge < -0.3 is 33.6 Å². The second kappa shape index (κ2) is 27.4. The van der Waals surface area contributed by atoms with Crippen LogP contribution in [0, 0.1) is 18.8 Å². The molecular formula is C51H68O14Se2Si2. The van der Waals surface area contributed by atoms with Gasteiger partial charge in [-0.1, -0.05) is 19.6 Å². The molecule has 3 heterocycles. The molecule has 0 saturated carbocycles. The van der Waals surface area contributed by atoms with E-state index >= 15 is 0 Å². The fourth-order valence-corrected chi connectivity index (χ4v) is 13.0. The van der Waals surface area contributed by atoms with Crippen LogP contribution in [-0.4, -0.2) is 128 Å². The number of hydrogen-bond donors (Lipinski definition) is 2. The SMILES string of the molecule is C/C=C(/C=C(\OC)O[Si](C)(C)C)OC.CO.COC1=CC(=O)C2([Se]c3ccccc3)C(=O)OCC2C1C.Cc1c(O)cc(OCC[Si](C)(C)C)c2c1COC2=O.O=C1OCC=C1[Se]c1ccccc1. The molecule has 14 nitrogen and oxygen atoms in total. The van der Waals surface area contributed by atoms with Crippen molar-refractivity contribution in [3.63, 3.8) is 0 Å². The van der Waals surface area contributed by atoms with Crippen molar-refractivity contribution in [3.05, 3.63) is 130 Å². The van der Waals surface area contributed by atoms with Crippen molar-refractivity contribution >= 4 is 78.9 Å². The zero-order valence-electron chi connectivity index (χ0n) is 42.0. The van der Waals surface area contributed by atoms with E-state index in [2.05, 4.69) is 39.3 Å². The third-order valence-electron chi connectivity index (χ3n) is 10.5. The number of hydrogen-bond acceptors (Lipinski definition) is 14. The average molecular weight is 1120 g/mol. The van der Waals surface area contributed by atoms with Gasteiger partial charge in [0.1, 0.15) is 29.4 Å². The Kier molecular flexibility index (Phi) is 23.1. The van der Waals surface area contributed by atoms with Gasteiger partial charge in [0.05, 0.1) is 26.9 Å². The van der Waals surface area contributed by atoms with Gasteiger partial charge in [-0.15, -0.1) is 0 Å². The summed E-state index contributed by atoms with van der Waals surface area (Å²) < 4.78 is 44.0. The van der Waals surface area contributed by atoms with E-state index in [4.69, 9.17) is 42.7 Å². The number of methoxy groups -OCH3 is 3. The Morgan fingerprint density at radius 3 is 2.01 bits per heavy atom. The summed E-state index contributed by atoms with van der Waals surface area (Å²) in [4.78, 5) is 47.9. The Balaban J connectivity index is 0.000000245. The number of phenols is 1. The van der Waals surface area contributed by atoms with Crippen molar-refractivity contribution in [2.24, 2.45) is 11.8 Å². The summed E-state index contributed by atoms with van der Waals surface area (Å²) in [5.41, 5.74) is 1.91. The predicted molar refractivity (Wildman–Crippen MR) is 273 cm³/mol. The predicted octanol–water partition coefficient (Wildman–Crippen LogP) is 7.13. The van der Waals surface area contributed by atoms with Gasteiger partial charge in [0, 0.05) is 26.8 Å². The zero-order valence-corrected chi connectivity index (χ0v) is 47.4. The fourth-order valence-electron chi connectivity index (χ4n) is 6.82. The molecule has 1 saturated heterocycles. The number of carbonyl (C=O) groups is 4. The summed E-state index contributed by atoms with van der Waals surface area (Å²) in [7, 11) is 2.98. The van der Waals surface area contributed by atoms with E-state index in [1.54, 1.807) is 34.3 Å². The van der Waals surface area contributed by atoms with Crippen LogP contribution in [0.15, 0.2) is 113 Å². The molecule has 3 unspecified atom stereocenters. The summed E-state index contributed by atoms with van der Waals surface area (Å²) in [6, 6.07) is 22.2. The molecule has 4 aliphatic rings. The second-order valence-corrected chi connectivity index (χ2v) is 32.9. The molecule has 2 N–H and O–H groups in total. The van der Waals surface area contributed by atoms with E-state index in [1.165, 1.54) is 16.6 Å². The van der Waals surface area contributed by atoms with Crippen LogP contribution in [0.1, 0.15) is 35.3 Å². The number of carbonyl (C=O) groups excluding carboxylic acids is 4. The molecule has 18 heteroatoms. The summed E-state index contributed by atoms with van der Waals surface area (Å²) in [5, 5.41) is 16.9. The van der Waals surface area contributed by atoms with Crippen LogP contribution in [0.3, 0.4) is 0 Å². The standard InChI is InChI=1S/C16H16O4Se.C14H20O4Si.C10H20O3Si.C10H8O2Se.CH4O/c1-10-12-9-20-15(18)16(12,14(17)8-13(10)19-2)21-11-6-4-3-5-7-11;1-9-10-8-18-14(16)13(10)12(7-11(9)15)17-5-6-19(2,3)4;1-7-9(11-2)8-10(12-3)13-14(4,5)6;11-10-9(6-7-12-10)13-8-4-2-1-3-5-8;1-2/h3-8,10,12H,9H2,1-2H3;7,15H,5-6,8H2,1-4H3;7-8H,1-6H3;1-6H,7H2;2H,1H3/b;;9-7-,10-8+;;. The van der Waals surface area contributed by atoms with Crippen LogP contribution in [0.25, 0.3) is 0 Å². The van der Waals surface area contributed by atoms with E-state index in [-0.39, 0.29) is 77.8 Å². The molecule has 7 rings (SSSR count). The van der Waals surface area contributed by atoms with Gasteiger partial charge in [0.25, 0.3) is 5.95 Å². The summed E-state index contributed by atoms with van der Waals surface area (Å²) in [6.45, 7) is 20.3. The monoisotopic (exact) mass is 1120 g/mol. The number of aliphatic hydroxyl groups is 1. The third-order valence-corrected chi connectivity index (χ3v) is 18.4. The zero-order chi connectivity index (χ0) is 51.5. The van der Waals surface area contributed by atoms with Crippen LogP contribution >= 0.6 is 0 Å². The molecule has 0 radical (unpaired) electrons. The van der Waals surface area contributed by atoms with E-state index in [0.29, 0.717) is 48.4 Å². The van der Waals surface area contributed by atoms with Gasteiger partial charge in [-0.3, -0.25) is 0 Å². The molecule has 3 aliphatic heterocycles. The molecule has 0 spiro atoms. The average Bonchev–Trinajstić information content (AvgIpc) is 4.02. The van der Waals surface area contributed by atoms with Gasteiger partial charge in [-0.05, 0) is 51.2 Å². The maximum absolute atomic E-state index is 12.7. The van der Waals surface area contributed by atoms with E-state index in [1.807, 2.05) is 86.7 Å². The van der Waals surface area contributed by atoms with Crippen molar-refractivity contribution in [2.45, 2.75) is 77.0 Å². The number of esters is 3. The first-order chi connectivity index (χ1) is 32.7. The molecule has 69 heavy (non-hydrogen) atoms. The van der Waals surface area contributed by atoms with Crippen molar-refractivity contribution in [2.75, 3.05) is 48.3 Å². The number of allylic oxidation sites excluding steroid dienone is 4. The number of phenolic OH excluding ortho intramolecular Hbond substituents is 1. The van der Waals surface area contributed by atoms with Crippen LogP contribution in [0.2, 0.25) is 49.6 Å². The molecule has 1 fully saturated rings. The third kappa shape index (κ3) is 16.8. The number of benzene rings is 3. The first-order valence-electron chi connectivity index (χ1n) is 22.2. The number of cyclic esters (lactones) is 3. The summed E-state index contributed by atoms with van der Waals surface area (Å²) in [5.74, 6) is 1.29. The Bertz CT molecular complexity index is 2340. The second-order valence-electron chi connectivity index (χ2n) is 17.7. The molecule has 0 aromatic heterocycles. The van der Waals surface area contributed by atoms with Crippen LogP contribution in [-0.2, 0) is 53.8 Å². The van der Waals surface area contributed by atoms with Gasteiger partial charge >= 0.3 is 218 Å². The number of aromatic hydroxyl groups is 1. The van der Waals surface area contributed by atoms with E-state index in [0.717, 1.165) is 33.4 Å². The topological polar surface area (TPSA) is 183 Å². The maximum atomic E-state index is 12.7. The summed E-state index contributed by atoms with van der Waals surface area (Å²) in [6.07, 6.45) is 6.96. The normalized spacial score (nSPS) is 19.3. The molecule has 0 bridgehead atoms. The Hall–Kier alpha value is -5.07. The number of ether oxygens (including phenoxy) is 7. The van der Waals surface area contributed by atoms with Crippen molar-refractivity contribution < 1.29 is 67.0 Å².